The van der Waals surface area contributed by atoms with Crippen LogP contribution in [-0.2, 0) is 4.79 Å². The number of fused-ring (bicyclic) bond motifs is 3. The molecule has 1 atom stereocenters. The first-order chi connectivity index (χ1) is 17.5. The Morgan fingerprint density at radius 3 is 2.19 bits per heavy atom. The Balaban J connectivity index is 1.64. The molecular weight excluding hydrogens is 464 g/mol. The predicted molar refractivity (Wildman–Crippen MR) is 131 cm³/mol. The molecule has 0 radical (unpaired) electrons. The van der Waals surface area contributed by atoms with Crippen LogP contribution < -0.4 is 28.4 Å². The molecule has 0 bridgehead atoms. The van der Waals surface area contributed by atoms with Crippen LogP contribution in [0.4, 0.5) is 0 Å². The molecule has 2 aliphatic rings. The number of benzene rings is 3. The number of allylic oxidation sites excluding steroid dienone is 1. The van der Waals surface area contributed by atoms with Gasteiger partial charge in [-0.05, 0) is 42.0 Å². The molecule has 8 heteroatoms. The molecule has 0 fully saturated rings. The van der Waals surface area contributed by atoms with Gasteiger partial charge in [-0.25, -0.2) is 0 Å². The highest BCUT2D eigenvalue weighted by molar-refractivity contribution is 6.15. The third kappa shape index (κ3) is 3.80. The maximum atomic E-state index is 13.3. The zero-order chi connectivity index (χ0) is 25.4. The second kappa shape index (κ2) is 9.30. The van der Waals surface area contributed by atoms with E-state index in [-0.39, 0.29) is 18.0 Å². The fraction of sp³-hybridized carbons (Fsp3) is 0.214. The number of ketones is 1. The minimum atomic E-state index is -0.469. The van der Waals surface area contributed by atoms with E-state index >= 15 is 0 Å². The summed E-state index contributed by atoms with van der Waals surface area (Å²) in [6.45, 7) is 0. The molecule has 0 aliphatic carbocycles. The third-order valence-corrected chi connectivity index (χ3v) is 6.29. The van der Waals surface area contributed by atoms with Crippen molar-refractivity contribution in [3.05, 3.63) is 76.5 Å². The molecule has 8 nitrogen and oxygen atoms in total. The Morgan fingerprint density at radius 2 is 1.53 bits per heavy atom. The zero-order valence-electron chi connectivity index (χ0n) is 20.2. The highest BCUT2D eigenvalue weighted by atomic mass is 16.5. The first-order valence-electron chi connectivity index (χ1n) is 11.2. The van der Waals surface area contributed by atoms with Crippen LogP contribution in [0.3, 0.4) is 0 Å². The number of esters is 1. The van der Waals surface area contributed by atoms with Crippen LogP contribution in [0, 0.1) is 0 Å². The highest BCUT2D eigenvalue weighted by Crippen LogP contribution is 2.51. The van der Waals surface area contributed by atoms with Gasteiger partial charge in [-0.1, -0.05) is 18.2 Å². The number of carbonyl (C=O) groups is 2. The largest absolute Gasteiger partial charge is 0.496 e. The van der Waals surface area contributed by atoms with Crippen LogP contribution in [0.15, 0.2) is 54.3 Å². The number of carbonyl (C=O) groups excluding carboxylic acids is 2. The van der Waals surface area contributed by atoms with Crippen molar-refractivity contribution in [2.45, 2.75) is 12.3 Å². The molecule has 184 valence electrons. The van der Waals surface area contributed by atoms with Crippen molar-refractivity contribution in [3.63, 3.8) is 0 Å². The summed E-state index contributed by atoms with van der Waals surface area (Å²) in [6.07, 6.45) is 1.70. The van der Waals surface area contributed by atoms with Crippen molar-refractivity contribution < 1.29 is 38.0 Å². The van der Waals surface area contributed by atoms with E-state index in [4.69, 9.17) is 28.4 Å². The topological polar surface area (TPSA) is 89.5 Å². The lowest BCUT2D eigenvalue weighted by atomic mass is 9.84. The molecule has 5 rings (SSSR count). The second-order valence-corrected chi connectivity index (χ2v) is 8.23. The van der Waals surface area contributed by atoms with Gasteiger partial charge in [0.1, 0.15) is 17.2 Å². The van der Waals surface area contributed by atoms with Gasteiger partial charge >= 0.3 is 5.97 Å². The lowest BCUT2D eigenvalue weighted by molar-refractivity contribution is -0.135. The monoisotopic (exact) mass is 488 g/mol. The highest BCUT2D eigenvalue weighted by Gasteiger charge is 2.39. The fourth-order valence-corrected chi connectivity index (χ4v) is 4.62. The molecule has 3 aromatic carbocycles. The molecule has 2 heterocycles. The number of hydrogen-bond donors (Lipinski definition) is 0. The molecule has 0 N–H and O–H groups in total. The summed E-state index contributed by atoms with van der Waals surface area (Å²) in [6, 6.07) is 14.2. The average Bonchev–Trinajstić information content (AvgIpc) is 3.22. The van der Waals surface area contributed by atoms with E-state index in [0.717, 1.165) is 5.56 Å². The first-order valence-corrected chi connectivity index (χ1v) is 11.2. The number of ether oxygens (including phenoxy) is 6. The molecule has 3 aromatic rings. The number of Topliss-reactive ketones (excluding diaryl/α,β-unsaturated/α-hetero) is 1. The van der Waals surface area contributed by atoms with Crippen LogP contribution >= 0.6 is 0 Å². The maximum absolute atomic E-state index is 13.3. The zero-order valence-corrected chi connectivity index (χ0v) is 20.2. The van der Waals surface area contributed by atoms with E-state index in [0.29, 0.717) is 51.2 Å². The average molecular weight is 488 g/mol. The van der Waals surface area contributed by atoms with Crippen LogP contribution in [0.5, 0.6) is 34.5 Å². The Hall–Kier alpha value is -4.46. The minimum Gasteiger partial charge on any atom is -0.496 e. The molecule has 0 aromatic heterocycles. The molecule has 36 heavy (non-hydrogen) atoms. The van der Waals surface area contributed by atoms with Crippen molar-refractivity contribution in [2.75, 3.05) is 28.4 Å². The van der Waals surface area contributed by atoms with Crippen molar-refractivity contribution in [3.8, 4) is 34.5 Å². The molecule has 0 amide bonds. The second-order valence-electron chi connectivity index (χ2n) is 8.23. The molecule has 2 aliphatic heterocycles. The summed E-state index contributed by atoms with van der Waals surface area (Å²) in [5.74, 6) is 1.70. The van der Waals surface area contributed by atoms with Gasteiger partial charge in [-0.15, -0.1) is 0 Å². The first kappa shape index (κ1) is 23.3. The smallest absolute Gasteiger partial charge is 0.312 e. The summed E-state index contributed by atoms with van der Waals surface area (Å²) < 4.78 is 33.5. The summed E-state index contributed by atoms with van der Waals surface area (Å²) in [7, 11) is 6.14. The molecule has 0 saturated heterocycles. The molecular formula is C28H24O8. The fourth-order valence-electron chi connectivity index (χ4n) is 4.62. The lowest BCUT2D eigenvalue weighted by Gasteiger charge is -2.27. The van der Waals surface area contributed by atoms with Gasteiger partial charge in [0.15, 0.2) is 17.3 Å². The number of rotatable bonds is 6. The van der Waals surface area contributed by atoms with Crippen molar-refractivity contribution >= 4 is 17.8 Å². The summed E-state index contributed by atoms with van der Waals surface area (Å²) in [5.41, 5.74) is 2.44. The van der Waals surface area contributed by atoms with Crippen LogP contribution in [-0.4, -0.2) is 40.2 Å². The number of para-hydroxylation sites is 1. The van der Waals surface area contributed by atoms with Gasteiger partial charge in [0.2, 0.25) is 11.5 Å². The van der Waals surface area contributed by atoms with E-state index < -0.39 is 11.9 Å². The maximum Gasteiger partial charge on any atom is 0.312 e. The van der Waals surface area contributed by atoms with Gasteiger partial charge in [-0.2, -0.15) is 0 Å². The van der Waals surface area contributed by atoms with E-state index in [9.17, 15) is 9.59 Å². The van der Waals surface area contributed by atoms with Crippen LogP contribution in [0.2, 0.25) is 0 Å². The van der Waals surface area contributed by atoms with E-state index in [1.165, 1.54) is 21.3 Å². The van der Waals surface area contributed by atoms with E-state index in [2.05, 4.69) is 0 Å². The lowest BCUT2D eigenvalue weighted by Crippen LogP contribution is -2.21. The van der Waals surface area contributed by atoms with E-state index in [1.807, 2.05) is 18.2 Å². The van der Waals surface area contributed by atoms with Crippen LogP contribution in [0.25, 0.3) is 6.08 Å². The SMILES string of the molecule is COc1ccccc1/C=C1\Oc2c(ccc3c2[C@@H](c2cc(OC)c(OC)c(OC)c2)CC(=O)O3)C1=O. The summed E-state index contributed by atoms with van der Waals surface area (Å²) >= 11 is 0. The Bertz CT molecular complexity index is 1380. The van der Waals surface area contributed by atoms with Gasteiger partial charge in [0.25, 0.3) is 0 Å². The van der Waals surface area contributed by atoms with Gasteiger partial charge < -0.3 is 28.4 Å². The minimum absolute atomic E-state index is 0.0468. The Labute approximate surface area is 207 Å². The third-order valence-electron chi connectivity index (χ3n) is 6.29. The number of hydrogen-bond acceptors (Lipinski definition) is 8. The predicted octanol–water partition coefficient (Wildman–Crippen LogP) is 4.78. The molecule has 0 spiro atoms. The van der Waals surface area contributed by atoms with Gasteiger partial charge in [0, 0.05) is 17.0 Å². The Kier molecular flexibility index (Phi) is 6.01. The van der Waals surface area contributed by atoms with Crippen LogP contribution in [0.1, 0.15) is 39.4 Å². The number of methoxy groups -OCH3 is 4. The van der Waals surface area contributed by atoms with Gasteiger partial charge in [0.05, 0.1) is 40.4 Å². The molecule has 0 saturated carbocycles. The molecule has 0 unspecified atom stereocenters. The Morgan fingerprint density at radius 1 is 0.833 bits per heavy atom. The standard InChI is InChI=1S/C28H24O8/c1-31-19-8-6-5-7-15(19)11-21-26(30)17-9-10-20-25(27(17)36-21)18(14-24(29)35-20)16-12-22(32-2)28(34-4)23(13-16)33-3/h5-13,18H,14H2,1-4H3/b21-11-/t18-/m1/s1. The quantitative estimate of drug-likeness (QED) is 0.278. The van der Waals surface area contributed by atoms with Crippen molar-refractivity contribution in [1.29, 1.82) is 0 Å². The van der Waals surface area contributed by atoms with Crippen molar-refractivity contribution in [2.24, 2.45) is 0 Å². The normalized spacial score (nSPS) is 17.1. The summed E-state index contributed by atoms with van der Waals surface area (Å²) in [4.78, 5) is 25.8. The van der Waals surface area contributed by atoms with Gasteiger partial charge in [-0.3, -0.25) is 9.59 Å². The summed E-state index contributed by atoms with van der Waals surface area (Å²) in [5, 5.41) is 0. The van der Waals surface area contributed by atoms with Crippen molar-refractivity contribution in [1.82, 2.24) is 0 Å². The van der Waals surface area contributed by atoms with E-state index in [1.54, 1.807) is 43.5 Å².